The number of aromatic nitrogens is 2. The van der Waals surface area contributed by atoms with Crippen LogP contribution in [0.15, 0.2) is 24.4 Å². The molecule has 2 aliphatic rings. The van der Waals surface area contributed by atoms with E-state index in [0.717, 1.165) is 12.8 Å². The van der Waals surface area contributed by atoms with Gasteiger partial charge in [-0.3, -0.25) is 14.6 Å². The zero-order chi connectivity index (χ0) is 18.3. The molecule has 2 aromatic heterocycles. The van der Waals surface area contributed by atoms with Gasteiger partial charge in [0.15, 0.2) is 11.6 Å². The molecule has 134 valence electrons. The Morgan fingerprint density at radius 3 is 2.96 bits per heavy atom. The summed E-state index contributed by atoms with van der Waals surface area (Å²) in [7, 11) is 3.31. The predicted octanol–water partition coefficient (Wildman–Crippen LogP) is 2.34. The molecule has 1 aliphatic carbocycles. The minimum atomic E-state index is -0.0926. The number of hydrogen-bond donors (Lipinski definition) is 1. The van der Waals surface area contributed by atoms with Crippen molar-refractivity contribution < 1.29 is 14.3 Å². The van der Waals surface area contributed by atoms with E-state index in [1.54, 1.807) is 43.5 Å². The van der Waals surface area contributed by atoms with E-state index in [1.807, 2.05) is 0 Å². The van der Waals surface area contributed by atoms with Crippen molar-refractivity contribution >= 4 is 23.2 Å². The Kier molecular flexibility index (Phi) is 4.06. The fourth-order valence-electron chi connectivity index (χ4n) is 3.19. The molecule has 26 heavy (non-hydrogen) atoms. The second kappa shape index (κ2) is 6.40. The maximum absolute atomic E-state index is 12.5. The largest absolute Gasteiger partial charge is 0.493 e. The van der Waals surface area contributed by atoms with E-state index < -0.39 is 0 Å². The predicted molar refractivity (Wildman–Crippen MR) is 95.5 cm³/mol. The van der Waals surface area contributed by atoms with Crippen LogP contribution < -0.4 is 10.1 Å². The van der Waals surface area contributed by atoms with Crippen molar-refractivity contribution in [1.29, 1.82) is 0 Å². The summed E-state index contributed by atoms with van der Waals surface area (Å²) in [6.07, 6.45) is 3.89. The summed E-state index contributed by atoms with van der Waals surface area (Å²) in [5.41, 5.74) is 2.51. The number of pyridine rings is 2. The first-order valence-electron chi connectivity index (χ1n) is 8.64. The van der Waals surface area contributed by atoms with Gasteiger partial charge in [-0.15, -0.1) is 0 Å². The fraction of sp³-hybridized carbons (Fsp3) is 0.368. The molecule has 0 radical (unpaired) electrons. The zero-order valence-electron chi connectivity index (χ0n) is 14.8. The van der Waals surface area contributed by atoms with Crippen LogP contribution in [0.5, 0.6) is 5.75 Å². The Hall–Kier alpha value is -2.96. The van der Waals surface area contributed by atoms with E-state index in [1.165, 1.54) is 0 Å². The number of nitrogens with zero attached hydrogens (tertiary/aromatic N) is 3. The summed E-state index contributed by atoms with van der Waals surface area (Å²) in [6.45, 7) is 0.438. The van der Waals surface area contributed by atoms with Crippen LogP contribution in [0, 0.1) is 5.92 Å². The van der Waals surface area contributed by atoms with Crippen LogP contribution in [0.2, 0.25) is 0 Å². The molecule has 0 atom stereocenters. The topological polar surface area (TPSA) is 84.4 Å². The lowest BCUT2D eigenvalue weighted by atomic mass is 10.1. The molecular formula is C19H20N4O3. The Morgan fingerprint density at radius 1 is 1.42 bits per heavy atom. The number of methoxy groups -OCH3 is 1. The van der Waals surface area contributed by atoms with Crippen molar-refractivity contribution in [2.75, 3.05) is 19.5 Å². The van der Waals surface area contributed by atoms with E-state index in [0.29, 0.717) is 47.2 Å². The average molecular weight is 352 g/mol. The second-order valence-corrected chi connectivity index (χ2v) is 6.74. The molecule has 7 heteroatoms. The minimum Gasteiger partial charge on any atom is -0.493 e. The molecule has 1 N–H and O–H groups in total. The first-order chi connectivity index (χ1) is 12.6. The SMILES string of the molecule is COc1cccnc1Nc1cc(CC(=O)C2CC2)nc2c1C(=O)N(C)C2. The molecule has 1 amide bonds. The number of fused-ring (bicyclic) bond motifs is 1. The highest BCUT2D eigenvalue weighted by atomic mass is 16.5. The number of rotatable bonds is 6. The van der Waals surface area contributed by atoms with Crippen molar-refractivity contribution in [2.24, 2.45) is 5.92 Å². The highest BCUT2D eigenvalue weighted by molar-refractivity contribution is 6.03. The smallest absolute Gasteiger partial charge is 0.257 e. The minimum absolute atomic E-state index is 0.0926. The first-order valence-corrected chi connectivity index (χ1v) is 8.64. The van der Waals surface area contributed by atoms with Gasteiger partial charge < -0.3 is 15.0 Å². The van der Waals surface area contributed by atoms with Gasteiger partial charge in [-0.1, -0.05) is 0 Å². The third-order valence-electron chi connectivity index (χ3n) is 4.73. The summed E-state index contributed by atoms with van der Waals surface area (Å²) < 4.78 is 5.33. The molecule has 7 nitrogen and oxygen atoms in total. The molecule has 1 saturated carbocycles. The molecule has 1 aliphatic heterocycles. The lowest BCUT2D eigenvalue weighted by Gasteiger charge is -2.13. The zero-order valence-corrected chi connectivity index (χ0v) is 14.8. The lowest BCUT2D eigenvalue weighted by molar-refractivity contribution is -0.119. The Balaban J connectivity index is 1.72. The number of nitrogens with one attached hydrogen (secondary N) is 1. The maximum atomic E-state index is 12.5. The van der Waals surface area contributed by atoms with Crippen LogP contribution in [-0.2, 0) is 17.8 Å². The molecule has 0 saturated heterocycles. The highest BCUT2D eigenvalue weighted by Crippen LogP contribution is 2.34. The average Bonchev–Trinajstić information content (AvgIpc) is 3.43. The van der Waals surface area contributed by atoms with Crippen molar-refractivity contribution in [3.05, 3.63) is 41.3 Å². The summed E-state index contributed by atoms with van der Waals surface area (Å²) >= 11 is 0. The number of anilines is 2. The number of carbonyl (C=O) groups is 2. The van der Waals surface area contributed by atoms with Gasteiger partial charge in [0.25, 0.3) is 5.91 Å². The molecule has 1 fully saturated rings. The maximum Gasteiger partial charge on any atom is 0.257 e. The van der Waals surface area contributed by atoms with Crippen LogP contribution in [0.1, 0.15) is 34.6 Å². The van der Waals surface area contributed by atoms with Crippen LogP contribution in [-0.4, -0.2) is 40.7 Å². The van der Waals surface area contributed by atoms with Gasteiger partial charge in [-0.25, -0.2) is 4.98 Å². The normalized spacial score (nSPS) is 15.8. The number of amides is 1. The summed E-state index contributed by atoms with van der Waals surface area (Å²) in [5.74, 6) is 1.40. The molecule has 0 spiro atoms. The number of ether oxygens (including phenoxy) is 1. The Morgan fingerprint density at radius 2 is 2.23 bits per heavy atom. The van der Waals surface area contributed by atoms with Crippen molar-refractivity contribution in [3.8, 4) is 5.75 Å². The third-order valence-corrected chi connectivity index (χ3v) is 4.73. The Labute approximate surface area is 151 Å². The van der Waals surface area contributed by atoms with Crippen molar-refractivity contribution in [3.63, 3.8) is 0 Å². The monoisotopic (exact) mass is 352 g/mol. The Bertz CT molecular complexity index is 892. The third kappa shape index (κ3) is 3.00. The molecule has 3 heterocycles. The number of ketones is 1. The van der Waals surface area contributed by atoms with E-state index >= 15 is 0 Å². The van der Waals surface area contributed by atoms with Gasteiger partial charge in [0.2, 0.25) is 0 Å². The van der Waals surface area contributed by atoms with Crippen LogP contribution in [0.4, 0.5) is 11.5 Å². The summed E-state index contributed by atoms with van der Waals surface area (Å²) in [6, 6.07) is 5.35. The number of hydrogen-bond acceptors (Lipinski definition) is 6. The number of carbonyl (C=O) groups excluding carboxylic acids is 2. The van der Waals surface area contributed by atoms with Crippen molar-refractivity contribution in [2.45, 2.75) is 25.8 Å². The molecule has 0 bridgehead atoms. The van der Waals surface area contributed by atoms with E-state index in [9.17, 15) is 9.59 Å². The molecular weight excluding hydrogens is 332 g/mol. The highest BCUT2D eigenvalue weighted by Gasteiger charge is 2.32. The summed E-state index contributed by atoms with van der Waals surface area (Å²) in [4.78, 5) is 35.2. The molecule has 0 aromatic carbocycles. The van der Waals surface area contributed by atoms with Crippen LogP contribution in [0.25, 0.3) is 0 Å². The van der Waals surface area contributed by atoms with E-state index in [4.69, 9.17) is 4.74 Å². The van der Waals surface area contributed by atoms with Gasteiger partial charge in [-0.05, 0) is 31.0 Å². The summed E-state index contributed by atoms with van der Waals surface area (Å²) in [5, 5.41) is 3.20. The fourth-order valence-corrected chi connectivity index (χ4v) is 3.19. The van der Waals surface area contributed by atoms with Gasteiger partial charge in [0.05, 0.1) is 36.3 Å². The lowest BCUT2D eigenvalue weighted by Crippen LogP contribution is -2.18. The quantitative estimate of drug-likeness (QED) is 0.859. The van der Waals surface area contributed by atoms with Gasteiger partial charge in [-0.2, -0.15) is 0 Å². The molecule has 4 rings (SSSR count). The van der Waals surface area contributed by atoms with Crippen molar-refractivity contribution in [1.82, 2.24) is 14.9 Å². The van der Waals surface area contributed by atoms with Gasteiger partial charge in [0.1, 0.15) is 5.78 Å². The van der Waals surface area contributed by atoms with Gasteiger partial charge in [0, 0.05) is 25.6 Å². The molecule has 0 unspecified atom stereocenters. The first kappa shape index (κ1) is 16.5. The van der Waals surface area contributed by atoms with E-state index in [-0.39, 0.29) is 17.6 Å². The van der Waals surface area contributed by atoms with E-state index in [2.05, 4.69) is 15.3 Å². The second-order valence-electron chi connectivity index (χ2n) is 6.74. The van der Waals surface area contributed by atoms with Gasteiger partial charge >= 0.3 is 0 Å². The van der Waals surface area contributed by atoms with Crippen LogP contribution in [0.3, 0.4) is 0 Å². The number of Topliss-reactive ketones (excluding diaryl/α,β-unsaturated/α-hetero) is 1. The molecule has 2 aromatic rings. The standard InChI is InChI=1S/C19H20N4O3/c1-23-10-14-17(19(23)25)13(22-18-16(26-2)4-3-7-20-18)8-12(21-14)9-15(24)11-5-6-11/h3-4,7-8,11H,5-6,9-10H2,1-2H3,(H,20,21,22). The van der Waals surface area contributed by atoms with Crippen LogP contribution >= 0.6 is 0 Å².